The smallest absolute Gasteiger partial charge is 0.186 e. The number of nitrogens with one attached hydrogen (secondary N) is 1. The maximum Gasteiger partial charge on any atom is 0.186 e. The van der Waals surface area contributed by atoms with Crippen LogP contribution in [0, 0.1) is 5.92 Å². The van der Waals surface area contributed by atoms with E-state index < -0.39 is 0 Å². The van der Waals surface area contributed by atoms with Crippen molar-refractivity contribution in [3.63, 3.8) is 0 Å². The number of aromatic nitrogens is 1. The molecular formula is C15H25N3S. The predicted octanol–water partition coefficient (Wildman–Crippen LogP) is 3.36. The summed E-state index contributed by atoms with van der Waals surface area (Å²) in [5, 5.41) is 4.68. The molecule has 0 amide bonds. The summed E-state index contributed by atoms with van der Waals surface area (Å²) in [6.07, 6.45) is 6.57. The highest BCUT2D eigenvalue weighted by Gasteiger charge is 2.29. The van der Waals surface area contributed by atoms with Crippen LogP contribution < -0.4 is 10.2 Å². The Morgan fingerprint density at radius 3 is 2.79 bits per heavy atom. The molecule has 4 heteroatoms. The number of nitrogens with zero attached hydrogens (tertiary/aromatic N) is 2. The topological polar surface area (TPSA) is 28.2 Å². The van der Waals surface area contributed by atoms with Crippen molar-refractivity contribution >= 4 is 16.5 Å². The molecule has 1 saturated carbocycles. The lowest BCUT2D eigenvalue weighted by molar-refractivity contribution is 0.489. The van der Waals surface area contributed by atoms with E-state index in [-0.39, 0.29) is 0 Å². The second-order valence-corrected chi connectivity index (χ2v) is 7.29. The van der Waals surface area contributed by atoms with Crippen LogP contribution in [0.15, 0.2) is 0 Å². The summed E-state index contributed by atoms with van der Waals surface area (Å²) < 4.78 is 0. The molecule has 3 nitrogen and oxygen atoms in total. The van der Waals surface area contributed by atoms with Gasteiger partial charge >= 0.3 is 0 Å². The van der Waals surface area contributed by atoms with Gasteiger partial charge in [0, 0.05) is 17.5 Å². The Hall–Kier alpha value is -0.610. The molecule has 1 unspecified atom stereocenters. The van der Waals surface area contributed by atoms with Gasteiger partial charge in [-0.3, -0.25) is 0 Å². The zero-order chi connectivity index (χ0) is 13.4. The van der Waals surface area contributed by atoms with Crippen molar-refractivity contribution < 1.29 is 0 Å². The van der Waals surface area contributed by atoms with Gasteiger partial charge in [-0.25, -0.2) is 4.98 Å². The van der Waals surface area contributed by atoms with Crippen molar-refractivity contribution in [2.24, 2.45) is 5.92 Å². The molecule has 1 aromatic rings. The van der Waals surface area contributed by atoms with Crippen LogP contribution in [0.2, 0.25) is 0 Å². The summed E-state index contributed by atoms with van der Waals surface area (Å²) in [6, 6.07) is 1.03. The van der Waals surface area contributed by atoms with Crippen LogP contribution >= 0.6 is 11.3 Å². The van der Waals surface area contributed by atoms with Crippen LogP contribution in [0.3, 0.4) is 0 Å². The van der Waals surface area contributed by atoms with Crippen LogP contribution in [-0.4, -0.2) is 24.6 Å². The highest BCUT2D eigenvalue weighted by molar-refractivity contribution is 7.15. The van der Waals surface area contributed by atoms with Crippen molar-refractivity contribution in [1.29, 1.82) is 0 Å². The van der Waals surface area contributed by atoms with E-state index in [1.165, 1.54) is 54.4 Å². The molecule has 0 radical (unpaired) electrons. The SMILES string of the molecule is CNC1CCCc2sc(N(CC3CC3)C(C)C)nc21. The second-order valence-electron chi connectivity index (χ2n) is 6.23. The minimum Gasteiger partial charge on any atom is -0.345 e. The zero-order valence-corrected chi connectivity index (χ0v) is 13.1. The third kappa shape index (κ3) is 2.79. The molecule has 2 aliphatic carbocycles. The first-order valence-corrected chi connectivity index (χ1v) is 8.44. The lowest BCUT2D eigenvalue weighted by atomic mass is 9.98. The number of thiazole rings is 1. The molecule has 1 fully saturated rings. The minimum absolute atomic E-state index is 0.476. The molecular weight excluding hydrogens is 254 g/mol. The maximum atomic E-state index is 4.99. The molecule has 3 rings (SSSR count). The normalized spacial score (nSPS) is 22.6. The van der Waals surface area contributed by atoms with Crippen LogP contribution in [0.5, 0.6) is 0 Å². The van der Waals surface area contributed by atoms with Gasteiger partial charge in [0.2, 0.25) is 0 Å². The van der Waals surface area contributed by atoms with Gasteiger partial charge in [0.05, 0.1) is 11.7 Å². The standard InChI is InChI=1S/C15H25N3S/c1-10(2)18(9-11-7-8-11)15-17-14-12(16-3)5-4-6-13(14)19-15/h10-12,16H,4-9H2,1-3H3. The van der Waals surface area contributed by atoms with Gasteiger partial charge in [-0.15, -0.1) is 11.3 Å². The largest absolute Gasteiger partial charge is 0.345 e. The number of hydrogen-bond donors (Lipinski definition) is 1. The minimum atomic E-state index is 0.476. The average molecular weight is 279 g/mol. The summed E-state index contributed by atoms with van der Waals surface area (Å²) in [7, 11) is 2.06. The van der Waals surface area contributed by atoms with Gasteiger partial charge < -0.3 is 10.2 Å². The fourth-order valence-electron chi connectivity index (χ4n) is 2.90. The van der Waals surface area contributed by atoms with Crippen LogP contribution in [0.4, 0.5) is 5.13 Å². The Balaban J connectivity index is 1.84. The van der Waals surface area contributed by atoms with Crippen molar-refractivity contribution in [2.75, 3.05) is 18.5 Å². The molecule has 0 aliphatic heterocycles. The third-order valence-corrected chi connectivity index (χ3v) is 5.48. The summed E-state index contributed by atoms with van der Waals surface area (Å²) >= 11 is 1.94. The molecule has 1 heterocycles. The van der Waals surface area contributed by atoms with E-state index in [4.69, 9.17) is 4.98 Å². The first kappa shape index (κ1) is 13.4. The van der Waals surface area contributed by atoms with E-state index in [9.17, 15) is 0 Å². The number of rotatable bonds is 5. The van der Waals surface area contributed by atoms with E-state index >= 15 is 0 Å². The Morgan fingerprint density at radius 1 is 1.37 bits per heavy atom. The molecule has 106 valence electrons. The van der Waals surface area contributed by atoms with Gasteiger partial charge in [0.15, 0.2) is 5.13 Å². The molecule has 1 aromatic heterocycles. The van der Waals surface area contributed by atoms with E-state index in [0.717, 1.165) is 5.92 Å². The van der Waals surface area contributed by atoms with Gasteiger partial charge in [-0.05, 0) is 58.9 Å². The average Bonchev–Trinajstić information content (AvgIpc) is 3.11. The van der Waals surface area contributed by atoms with Crippen LogP contribution in [0.1, 0.15) is 56.1 Å². The summed E-state index contributed by atoms with van der Waals surface area (Å²) in [6.45, 7) is 5.78. The van der Waals surface area contributed by atoms with Crippen molar-refractivity contribution in [3.05, 3.63) is 10.6 Å². The highest BCUT2D eigenvalue weighted by atomic mass is 32.1. The van der Waals surface area contributed by atoms with Gasteiger partial charge in [-0.1, -0.05) is 0 Å². The molecule has 0 spiro atoms. The quantitative estimate of drug-likeness (QED) is 0.896. The number of anilines is 1. The lowest BCUT2D eigenvalue weighted by Gasteiger charge is -2.26. The molecule has 0 bridgehead atoms. The number of aryl methyl sites for hydroxylation is 1. The van der Waals surface area contributed by atoms with Crippen molar-refractivity contribution in [2.45, 2.75) is 58.0 Å². The third-order valence-electron chi connectivity index (χ3n) is 4.31. The van der Waals surface area contributed by atoms with E-state index in [1.807, 2.05) is 11.3 Å². The van der Waals surface area contributed by atoms with E-state index in [2.05, 4.69) is 31.1 Å². The zero-order valence-electron chi connectivity index (χ0n) is 12.3. The van der Waals surface area contributed by atoms with Gasteiger partial charge in [0.1, 0.15) is 0 Å². The molecule has 0 saturated heterocycles. The molecule has 1 N–H and O–H groups in total. The fraction of sp³-hybridized carbons (Fsp3) is 0.800. The molecule has 2 aliphatic rings. The highest BCUT2D eigenvalue weighted by Crippen LogP contribution is 2.39. The molecule has 1 atom stereocenters. The molecule has 0 aromatic carbocycles. The maximum absolute atomic E-state index is 4.99. The van der Waals surface area contributed by atoms with E-state index in [1.54, 1.807) is 0 Å². The van der Waals surface area contributed by atoms with Crippen LogP contribution in [-0.2, 0) is 6.42 Å². The van der Waals surface area contributed by atoms with Crippen molar-refractivity contribution in [3.8, 4) is 0 Å². The Kier molecular flexibility index (Phi) is 3.81. The Labute approximate surface area is 120 Å². The second kappa shape index (κ2) is 5.41. The van der Waals surface area contributed by atoms with Crippen molar-refractivity contribution in [1.82, 2.24) is 10.3 Å². The monoisotopic (exact) mass is 279 g/mol. The first-order chi connectivity index (χ1) is 9.19. The van der Waals surface area contributed by atoms with Gasteiger partial charge in [0.25, 0.3) is 0 Å². The first-order valence-electron chi connectivity index (χ1n) is 7.62. The Morgan fingerprint density at radius 2 is 2.16 bits per heavy atom. The van der Waals surface area contributed by atoms with Gasteiger partial charge in [-0.2, -0.15) is 0 Å². The summed E-state index contributed by atoms with van der Waals surface area (Å²) in [5.41, 5.74) is 1.33. The number of hydrogen-bond acceptors (Lipinski definition) is 4. The van der Waals surface area contributed by atoms with E-state index in [0.29, 0.717) is 12.1 Å². The van der Waals surface area contributed by atoms with Crippen LogP contribution in [0.25, 0.3) is 0 Å². The summed E-state index contributed by atoms with van der Waals surface area (Å²) in [5.74, 6) is 0.920. The Bertz CT molecular complexity index is 437. The number of fused-ring (bicyclic) bond motifs is 1. The lowest BCUT2D eigenvalue weighted by Crippen LogP contribution is -2.32. The molecule has 19 heavy (non-hydrogen) atoms. The predicted molar refractivity (Wildman–Crippen MR) is 82.1 cm³/mol. The summed E-state index contributed by atoms with van der Waals surface area (Å²) in [4.78, 5) is 9.02. The fourth-order valence-corrected chi connectivity index (χ4v) is 4.20.